The highest BCUT2D eigenvalue weighted by atomic mass is 19.3. The molecule has 5 unspecified atom stereocenters. The number of nitrogens with zero attached hydrogens (tertiary/aromatic N) is 5. The van der Waals surface area contributed by atoms with Crippen molar-refractivity contribution in [2.75, 3.05) is 39.4 Å². The molecule has 0 aromatic heterocycles. The second-order valence-electron chi connectivity index (χ2n) is 29.5. The summed E-state index contributed by atoms with van der Waals surface area (Å²) in [7, 11) is 0. The van der Waals surface area contributed by atoms with E-state index in [0.717, 1.165) is 52.2 Å². The Morgan fingerprint density at radius 3 is 1.36 bits per heavy atom. The number of ether oxygens (including phenoxy) is 2. The first-order valence-corrected chi connectivity index (χ1v) is 30.1. The van der Waals surface area contributed by atoms with Gasteiger partial charge in [-0.05, 0) is 217 Å². The third kappa shape index (κ3) is 17.4. The Labute approximate surface area is 471 Å². The van der Waals surface area contributed by atoms with Gasteiger partial charge in [-0.1, -0.05) is 86.6 Å². The third-order valence-electron chi connectivity index (χ3n) is 17.6. The number of likely N-dealkylation sites (tertiary alicyclic amines) is 2. The van der Waals surface area contributed by atoms with Crippen molar-refractivity contribution in [2.45, 2.75) is 285 Å². The van der Waals surface area contributed by atoms with Crippen LogP contribution in [-0.4, -0.2) is 115 Å². The molecule has 3 aromatic rings. The second-order valence-corrected chi connectivity index (χ2v) is 29.5. The van der Waals surface area contributed by atoms with Crippen LogP contribution in [0, 0.1) is 0 Å². The normalized spacial score (nSPS) is 26.3. The first-order valence-electron chi connectivity index (χ1n) is 30.1. The van der Waals surface area contributed by atoms with E-state index < -0.39 is 5.92 Å². The number of fused-ring (bicyclic) bond motifs is 3. The van der Waals surface area contributed by atoms with Crippen molar-refractivity contribution in [2.24, 2.45) is 0 Å². The summed E-state index contributed by atoms with van der Waals surface area (Å²) < 4.78 is 38.2. The average Bonchev–Trinajstić information content (AvgIpc) is 3.75. The highest BCUT2D eigenvalue weighted by molar-refractivity contribution is 5.39. The lowest BCUT2D eigenvalue weighted by molar-refractivity contribution is -0.170. The summed E-state index contributed by atoms with van der Waals surface area (Å²) in [6.45, 7) is 56.7. The van der Waals surface area contributed by atoms with Crippen LogP contribution in [0.5, 0.6) is 0 Å². The van der Waals surface area contributed by atoms with E-state index in [0.29, 0.717) is 30.6 Å². The molecular formula is C68H113F2N5O2. The lowest BCUT2D eigenvalue weighted by Gasteiger charge is -2.50. The number of hydrogen-bond donors (Lipinski definition) is 0. The van der Waals surface area contributed by atoms with Crippen molar-refractivity contribution in [1.82, 2.24) is 24.5 Å². The molecule has 77 heavy (non-hydrogen) atoms. The Balaban J connectivity index is 0.000000178. The lowest BCUT2D eigenvalue weighted by atomic mass is 9.74. The minimum Gasteiger partial charge on any atom is -0.347 e. The highest BCUT2D eigenvalue weighted by Gasteiger charge is 2.44. The van der Waals surface area contributed by atoms with Crippen LogP contribution in [-0.2, 0) is 27.9 Å². The zero-order valence-corrected chi connectivity index (χ0v) is 53.2. The zero-order chi connectivity index (χ0) is 57.7. The van der Waals surface area contributed by atoms with Gasteiger partial charge < -0.3 is 9.47 Å². The number of aryl methyl sites for hydroxylation is 1. The Morgan fingerprint density at radius 2 is 0.857 bits per heavy atom. The monoisotopic (exact) mass is 1070 g/mol. The van der Waals surface area contributed by atoms with Crippen molar-refractivity contribution in [3.05, 3.63) is 106 Å². The Bertz CT molecular complexity index is 2290. The summed E-state index contributed by atoms with van der Waals surface area (Å²) in [4.78, 5) is 12.6. The molecule has 6 aliphatic heterocycles. The summed E-state index contributed by atoms with van der Waals surface area (Å²) >= 11 is 0. The number of halogens is 2. The molecule has 0 amide bonds. The molecule has 7 nitrogen and oxygen atoms in total. The fraction of sp³-hybridized carbons (Fsp3) is 0.735. The molecule has 0 saturated carbocycles. The maximum Gasteiger partial charge on any atom is 0.249 e. The molecule has 436 valence electrons. The molecule has 6 aliphatic rings. The van der Waals surface area contributed by atoms with Crippen molar-refractivity contribution >= 4 is 0 Å². The van der Waals surface area contributed by atoms with E-state index in [1.165, 1.54) is 53.6 Å². The molecule has 9 rings (SSSR count). The van der Waals surface area contributed by atoms with Crippen molar-refractivity contribution in [1.29, 1.82) is 0 Å². The smallest absolute Gasteiger partial charge is 0.249 e. The van der Waals surface area contributed by atoms with Crippen LogP contribution >= 0.6 is 0 Å². The molecule has 0 N–H and O–H groups in total. The molecule has 3 aromatic carbocycles. The average molecular weight is 1070 g/mol. The summed E-state index contributed by atoms with van der Waals surface area (Å²) in [6.07, 6.45) is 6.38. The molecule has 1 spiro atoms. The zero-order valence-electron chi connectivity index (χ0n) is 53.2. The minimum absolute atomic E-state index is 0.000162. The summed E-state index contributed by atoms with van der Waals surface area (Å²) in [5.41, 5.74) is 10.3. The van der Waals surface area contributed by atoms with Gasteiger partial charge in [0.05, 0.1) is 13.2 Å². The Hall–Kier alpha value is -2.76. The van der Waals surface area contributed by atoms with Crippen LogP contribution in [0.2, 0.25) is 0 Å². The quantitative estimate of drug-likeness (QED) is 0.222. The van der Waals surface area contributed by atoms with E-state index in [1.54, 1.807) is 5.56 Å². The maximum absolute atomic E-state index is 13.2. The first kappa shape index (κ1) is 65.1. The molecule has 0 bridgehead atoms. The SMILES string of the molecule is CC1CC(F)(F)CCCN1C(C)(C)C.CC1CC2(CCCN1C(C)(C)C)OCCO2.CC1c2ccccc2C(C)(C)CN1C(C)(C)C.CC1c2ccccc2CCCN1C(C)(C)C.CC1c2ccccc2CN1C(C)(C)C. The van der Waals surface area contributed by atoms with Crippen LogP contribution in [0.25, 0.3) is 0 Å². The molecule has 0 radical (unpaired) electrons. The fourth-order valence-electron chi connectivity index (χ4n) is 13.9. The van der Waals surface area contributed by atoms with Gasteiger partial charge in [0, 0.05) is 102 Å². The van der Waals surface area contributed by atoms with Gasteiger partial charge in [-0.2, -0.15) is 0 Å². The van der Waals surface area contributed by atoms with Gasteiger partial charge in [-0.25, -0.2) is 8.78 Å². The molecule has 6 heterocycles. The van der Waals surface area contributed by atoms with Gasteiger partial charge in [0.1, 0.15) is 0 Å². The first-order chi connectivity index (χ1) is 35.4. The van der Waals surface area contributed by atoms with Gasteiger partial charge in [0.15, 0.2) is 5.79 Å². The van der Waals surface area contributed by atoms with Crippen molar-refractivity contribution in [3.63, 3.8) is 0 Å². The Kier molecular flexibility index (Phi) is 21.6. The fourth-order valence-corrected chi connectivity index (χ4v) is 13.9. The van der Waals surface area contributed by atoms with E-state index in [2.05, 4.69) is 243 Å². The molecule has 5 atom stereocenters. The predicted molar refractivity (Wildman–Crippen MR) is 323 cm³/mol. The molecule has 3 saturated heterocycles. The Morgan fingerprint density at radius 1 is 0.455 bits per heavy atom. The third-order valence-corrected chi connectivity index (χ3v) is 17.6. The largest absolute Gasteiger partial charge is 0.347 e. The van der Waals surface area contributed by atoms with E-state index in [4.69, 9.17) is 9.47 Å². The molecular weight excluding hydrogens is 957 g/mol. The summed E-state index contributed by atoms with van der Waals surface area (Å²) in [5, 5.41) is 0. The van der Waals surface area contributed by atoms with Crippen LogP contribution < -0.4 is 0 Å². The van der Waals surface area contributed by atoms with Gasteiger partial charge in [-0.15, -0.1) is 0 Å². The number of hydrogen-bond acceptors (Lipinski definition) is 7. The molecule has 9 heteroatoms. The molecule has 3 fully saturated rings. The lowest BCUT2D eigenvalue weighted by Crippen LogP contribution is -2.52. The van der Waals surface area contributed by atoms with E-state index in [9.17, 15) is 8.78 Å². The second kappa shape index (κ2) is 25.6. The van der Waals surface area contributed by atoms with Gasteiger partial charge >= 0.3 is 0 Å². The van der Waals surface area contributed by atoms with E-state index in [-0.39, 0.29) is 57.8 Å². The topological polar surface area (TPSA) is 34.7 Å². The van der Waals surface area contributed by atoms with Gasteiger partial charge in [0.25, 0.3) is 0 Å². The number of rotatable bonds is 0. The summed E-state index contributed by atoms with van der Waals surface area (Å²) in [5.74, 6) is -2.72. The van der Waals surface area contributed by atoms with Crippen LogP contribution in [0.1, 0.15) is 249 Å². The van der Waals surface area contributed by atoms with Crippen molar-refractivity contribution < 1.29 is 18.3 Å². The van der Waals surface area contributed by atoms with Gasteiger partial charge in [-0.3, -0.25) is 24.5 Å². The van der Waals surface area contributed by atoms with Crippen LogP contribution in [0.3, 0.4) is 0 Å². The minimum atomic E-state index is -2.46. The van der Waals surface area contributed by atoms with E-state index >= 15 is 0 Å². The number of benzene rings is 3. The summed E-state index contributed by atoms with van der Waals surface area (Å²) in [6, 6.07) is 28.7. The van der Waals surface area contributed by atoms with Crippen LogP contribution in [0.4, 0.5) is 8.78 Å². The number of alkyl halides is 2. The van der Waals surface area contributed by atoms with Gasteiger partial charge in [0.2, 0.25) is 5.92 Å². The van der Waals surface area contributed by atoms with Crippen LogP contribution in [0.15, 0.2) is 72.8 Å². The molecule has 0 aliphatic carbocycles. The maximum atomic E-state index is 13.2. The van der Waals surface area contributed by atoms with E-state index in [1.807, 2.05) is 6.92 Å². The highest BCUT2D eigenvalue weighted by Crippen LogP contribution is 2.43. The standard InChI is InChI=1S/C16H25N.C15H23N.C13H25NO2.C13H19N.C11H21F2N/c1-12-13-9-7-8-10-14(13)16(5,6)11-17(12)15(2,3)4;1-12-14-10-6-5-8-13(14)9-7-11-16(12)15(2,3)4;1-11-10-13(15-8-9-16-13)6-5-7-14(11)12(2,3)4;1-10-12-8-6-5-7-11(12)9-14(10)13(2,3)4;1-9-8-11(12,13)6-5-7-14(9)10(2,3)4/h7-10,12H,11H2,1-6H3;5-6,8,10,12H,7,9,11H2,1-4H3;11H,5-10H2,1-4H3;5-8,10H,9H2,1-4H3;9H,5-8H2,1-4H3. The predicted octanol–water partition coefficient (Wildman–Crippen LogP) is 17.0. The van der Waals surface area contributed by atoms with Crippen molar-refractivity contribution in [3.8, 4) is 0 Å².